The molecular weight excluding hydrogens is 482 g/mol. The van der Waals surface area contributed by atoms with E-state index < -0.39 is 38.4 Å². The van der Waals surface area contributed by atoms with Crippen LogP contribution in [0.4, 0.5) is 17.1 Å². The molecule has 0 saturated heterocycles. The average molecular weight is 503 g/mol. The number of hydrogen-bond acceptors (Lipinski definition) is 11. The van der Waals surface area contributed by atoms with E-state index in [-0.39, 0.29) is 40.0 Å². The summed E-state index contributed by atoms with van der Waals surface area (Å²) in [6, 6.07) is 8.38. The number of rotatable bonds is 9. The zero-order chi connectivity index (χ0) is 25.8. The first-order valence-corrected chi connectivity index (χ1v) is 11.8. The zero-order valence-electron chi connectivity index (χ0n) is 18.9. The second-order valence-corrected chi connectivity index (χ2v) is 9.36. The Morgan fingerprint density at radius 3 is 2.63 bits per heavy atom. The molecule has 2 aromatic rings. The molecule has 0 fully saturated rings. The van der Waals surface area contributed by atoms with E-state index >= 15 is 0 Å². The summed E-state index contributed by atoms with van der Waals surface area (Å²) in [7, 11) is -2.52. The van der Waals surface area contributed by atoms with Gasteiger partial charge in [-0.1, -0.05) is 12.1 Å². The van der Waals surface area contributed by atoms with Crippen molar-refractivity contribution < 1.29 is 32.4 Å². The van der Waals surface area contributed by atoms with Crippen LogP contribution >= 0.6 is 0 Å². The number of nitro benzene ring substituents is 1. The molecule has 1 unspecified atom stereocenters. The van der Waals surface area contributed by atoms with Crippen LogP contribution in [-0.4, -0.2) is 56.4 Å². The predicted octanol–water partition coefficient (Wildman–Crippen LogP) is 2.82. The van der Waals surface area contributed by atoms with Crippen molar-refractivity contribution >= 4 is 44.5 Å². The average Bonchev–Trinajstić information content (AvgIpc) is 3.09. The maximum absolute atomic E-state index is 13.1. The topological polar surface area (TPSA) is 170 Å². The third-order valence-corrected chi connectivity index (χ3v) is 6.53. The van der Waals surface area contributed by atoms with Crippen molar-refractivity contribution in [3.05, 3.63) is 52.6 Å². The number of hydrazone groups is 1. The van der Waals surface area contributed by atoms with Crippen molar-refractivity contribution in [1.29, 1.82) is 0 Å². The number of esters is 1. The number of para-hydroxylation sites is 1. The number of methoxy groups -OCH3 is 1. The molecule has 184 valence electrons. The second kappa shape index (κ2) is 10.4. The lowest BCUT2D eigenvalue weighted by Crippen LogP contribution is -2.30. The molecule has 13 nitrogen and oxygen atoms in total. The summed E-state index contributed by atoms with van der Waals surface area (Å²) in [6.07, 6.45) is 0. The molecule has 0 aromatic heterocycles. The summed E-state index contributed by atoms with van der Waals surface area (Å²) in [5.74, 6) is -1.55. The molecule has 0 N–H and O–H groups in total. The molecule has 14 heteroatoms. The first-order chi connectivity index (χ1) is 16.5. The highest BCUT2D eigenvalue weighted by Crippen LogP contribution is 2.35. The van der Waals surface area contributed by atoms with E-state index in [4.69, 9.17) is 9.47 Å². The smallest absolute Gasteiger partial charge is 0.302 e. The van der Waals surface area contributed by atoms with Crippen molar-refractivity contribution in [3.8, 4) is 5.75 Å². The Bertz CT molecular complexity index is 1340. The zero-order valence-corrected chi connectivity index (χ0v) is 19.8. The van der Waals surface area contributed by atoms with Crippen molar-refractivity contribution in [1.82, 2.24) is 0 Å². The van der Waals surface area contributed by atoms with Crippen LogP contribution in [0.15, 0.2) is 62.7 Å². The number of sulfone groups is 1. The van der Waals surface area contributed by atoms with Crippen molar-refractivity contribution in [3.63, 3.8) is 0 Å². The molecule has 35 heavy (non-hydrogen) atoms. The van der Waals surface area contributed by atoms with Gasteiger partial charge in [0.05, 0.1) is 28.4 Å². The molecule has 1 atom stereocenters. The van der Waals surface area contributed by atoms with Gasteiger partial charge in [0.25, 0.3) is 11.6 Å². The van der Waals surface area contributed by atoms with Crippen LogP contribution in [0, 0.1) is 10.1 Å². The first-order valence-electron chi connectivity index (χ1n) is 10.1. The number of benzene rings is 2. The molecular formula is C21H21N5O8S. The number of amides is 1. The Labute approximate surface area is 200 Å². The largest absolute Gasteiger partial charge is 0.494 e. The van der Waals surface area contributed by atoms with Crippen LogP contribution in [0.1, 0.15) is 13.8 Å². The summed E-state index contributed by atoms with van der Waals surface area (Å²) >= 11 is 0. The van der Waals surface area contributed by atoms with Crippen LogP contribution in [0.2, 0.25) is 0 Å². The molecule has 1 amide bonds. The Kier molecular flexibility index (Phi) is 7.54. The lowest BCUT2D eigenvalue weighted by Gasteiger charge is -2.17. The highest BCUT2D eigenvalue weighted by molar-refractivity contribution is 7.91. The fourth-order valence-electron chi connectivity index (χ4n) is 3.13. The number of anilines is 1. The highest BCUT2D eigenvalue weighted by atomic mass is 32.2. The van der Waals surface area contributed by atoms with E-state index in [2.05, 4.69) is 15.3 Å². The van der Waals surface area contributed by atoms with Gasteiger partial charge in [0.2, 0.25) is 0 Å². The minimum absolute atomic E-state index is 0.0324. The van der Waals surface area contributed by atoms with E-state index in [1.165, 1.54) is 57.4 Å². The van der Waals surface area contributed by atoms with Gasteiger partial charge >= 0.3 is 5.97 Å². The summed E-state index contributed by atoms with van der Waals surface area (Å²) in [5, 5.41) is 24.1. The number of carbonyl (C=O) groups is 2. The lowest BCUT2D eigenvalue weighted by atomic mass is 10.2. The minimum Gasteiger partial charge on any atom is -0.494 e. The van der Waals surface area contributed by atoms with E-state index in [1.54, 1.807) is 6.07 Å². The summed E-state index contributed by atoms with van der Waals surface area (Å²) in [4.78, 5) is 34.5. The maximum atomic E-state index is 13.1. The molecule has 1 aliphatic rings. The molecule has 0 saturated carbocycles. The Morgan fingerprint density at radius 2 is 1.97 bits per heavy atom. The Morgan fingerprint density at radius 1 is 1.26 bits per heavy atom. The molecule has 0 bridgehead atoms. The van der Waals surface area contributed by atoms with Gasteiger partial charge < -0.3 is 9.47 Å². The number of nitrogens with zero attached hydrogens (tertiary/aromatic N) is 5. The molecule has 0 aliphatic carbocycles. The molecule has 2 aromatic carbocycles. The molecule has 0 radical (unpaired) electrons. The molecule has 1 aliphatic heterocycles. The van der Waals surface area contributed by atoms with E-state index in [1.807, 2.05) is 0 Å². The van der Waals surface area contributed by atoms with Crippen molar-refractivity contribution in [2.24, 2.45) is 15.3 Å². The molecule has 0 spiro atoms. The minimum atomic E-state index is -3.86. The lowest BCUT2D eigenvalue weighted by molar-refractivity contribution is -0.384. The Balaban J connectivity index is 1.90. The van der Waals surface area contributed by atoms with Crippen LogP contribution in [0.3, 0.4) is 0 Å². The fraction of sp³-hybridized carbons (Fsp3) is 0.286. The summed E-state index contributed by atoms with van der Waals surface area (Å²) in [5.41, 5.74) is -0.0206. The maximum Gasteiger partial charge on any atom is 0.302 e. The van der Waals surface area contributed by atoms with Gasteiger partial charge in [-0.3, -0.25) is 19.7 Å². The number of azo groups is 1. The predicted molar refractivity (Wildman–Crippen MR) is 124 cm³/mol. The van der Waals surface area contributed by atoms with Crippen LogP contribution in [-0.2, 0) is 24.2 Å². The number of carbonyl (C=O) groups excluding carboxylic acids is 2. The Hall–Kier alpha value is -4.20. The van der Waals surface area contributed by atoms with Crippen LogP contribution < -0.4 is 9.75 Å². The van der Waals surface area contributed by atoms with Gasteiger partial charge in [-0.05, 0) is 31.2 Å². The van der Waals surface area contributed by atoms with Crippen molar-refractivity contribution in [2.45, 2.75) is 24.8 Å². The third-order valence-electron chi connectivity index (χ3n) is 4.85. The standard InChI is InChI=1S/C21H21N5O8S/c1-13-20(23-22-16-6-4-5-7-17(16)26(29)30)21(28)25(24-13)18-12-15(8-9-19(18)33-3)35(31,32)11-10-34-14(2)27/h4-9,12,20H,10-11H2,1-3H3. The third kappa shape index (κ3) is 5.66. The summed E-state index contributed by atoms with van der Waals surface area (Å²) < 4.78 is 35.3. The normalized spacial score (nSPS) is 15.9. The van der Waals surface area contributed by atoms with Gasteiger partial charge in [0, 0.05) is 13.0 Å². The summed E-state index contributed by atoms with van der Waals surface area (Å²) in [6.45, 7) is 2.36. The van der Waals surface area contributed by atoms with Crippen LogP contribution in [0.5, 0.6) is 5.75 Å². The van der Waals surface area contributed by atoms with Gasteiger partial charge in [-0.2, -0.15) is 15.2 Å². The van der Waals surface area contributed by atoms with Crippen LogP contribution in [0.25, 0.3) is 0 Å². The number of hydrogen-bond donors (Lipinski definition) is 0. The van der Waals surface area contributed by atoms with Gasteiger partial charge in [-0.15, -0.1) is 5.11 Å². The van der Waals surface area contributed by atoms with Crippen molar-refractivity contribution in [2.75, 3.05) is 24.5 Å². The molecule has 1 heterocycles. The highest BCUT2D eigenvalue weighted by Gasteiger charge is 2.37. The quantitative estimate of drug-likeness (QED) is 0.218. The first kappa shape index (κ1) is 25.4. The van der Waals surface area contributed by atoms with E-state index in [0.717, 1.165) is 5.01 Å². The number of nitro groups is 1. The van der Waals surface area contributed by atoms with Gasteiger partial charge in [0.1, 0.15) is 18.0 Å². The monoisotopic (exact) mass is 503 g/mol. The second-order valence-electron chi connectivity index (χ2n) is 7.25. The van der Waals surface area contributed by atoms with Gasteiger partial charge in [-0.25, -0.2) is 8.42 Å². The van der Waals surface area contributed by atoms with Gasteiger partial charge in [0.15, 0.2) is 21.6 Å². The fourth-order valence-corrected chi connectivity index (χ4v) is 4.23. The SMILES string of the molecule is COc1ccc(S(=O)(=O)CCOC(C)=O)cc1N1N=C(C)C(N=Nc2ccccc2[N+](=O)[O-])C1=O. The molecule has 3 rings (SSSR count). The van der Waals surface area contributed by atoms with E-state index in [0.29, 0.717) is 0 Å². The number of ether oxygens (including phenoxy) is 2. The van der Waals surface area contributed by atoms with E-state index in [9.17, 15) is 28.1 Å².